The van der Waals surface area contributed by atoms with Crippen LogP contribution >= 0.6 is 0 Å². The van der Waals surface area contributed by atoms with E-state index in [1.807, 2.05) is 0 Å². The summed E-state index contributed by atoms with van der Waals surface area (Å²) in [6.07, 6.45) is 0. The predicted molar refractivity (Wildman–Crippen MR) is 35.7 cm³/mol. The molecule has 0 bridgehead atoms. The molecule has 0 amide bonds. The average molecular weight is 134 g/mol. The largest absolute Gasteiger partial charge is 0.412 e. The molecule has 4 nitrogen and oxygen atoms in total. The fourth-order valence-corrected chi connectivity index (χ4v) is 0. The van der Waals surface area contributed by atoms with Gasteiger partial charge in [-0.15, -0.1) is 0 Å². The molecule has 0 fully saturated rings. The van der Waals surface area contributed by atoms with E-state index in [0.29, 0.717) is 0 Å². The topological polar surface area (TPSA) is 126 Å². The second-order valence-corrected chi connectivity index (χ2v) is 0. The van der Waals surface area contributed by atoms with Crippen molar-refractivity contribution in [2.24, 2.45) is 0 Å². The first-order valence-corrected chi connectivity index (χ1v) is 0. The molecule has 0 aliphatic carbocycles. The third-order valence-electron chi connectivity index (χ3n) is 0. The van der Waals surface area contributed by atoms with E-state index in [-0.39, 0.29) is 50.2 Å². The average Bonchev–Trinajstić information content (AvgIpc) is 0. The lowest BCUT2D eigenvalue weighted by Gasteiger charge is -0.413. The van der Waals surface area contributed by atoms with E-state index in [9.17, 15) is 0 Å². The quantitative estimate of drug-likeness (QED) is 0.292. The smallest absolute Gasteiger partial charge is 0.187 e. The molecule has 0 saturated carbocycles. The van der Waals surface area contributed by atoms with E-state index in [1.165, 1.54) is 0 Å². The Balaban J connectivity index is 0. The molecule has 0 unspecified atom stereocenters. The summed E-state index contributed by atoms with van der Waals surface area (Å²) < 4.78 is 0. The molecular formula is H15AlO4Si. The summed E-state index contributed by atoms with van der Waals surface area (Å²) in [4.78, 5) is 0. The highest BCUT2D eigenvalue weighted by Crippen LogP contribution is -0.286. The lowest BCUT2D eigenvalue weighted by atomic mass is 16.0. The van der Waals surface area contributed by atoms with E-state index >= 15 is 0 Å². The van der Waals surface area contributed by atoms with Gasteiger partial charge < -0.3 is 21.9 Å². The van der Waals surface area contributed by atoms with Gasteiger partial charge in [0.15, 0.2) is 17.4 Å². The summed E-state index contributed by atoms with van der Waals surface area (Å²) in [5.41, 5.74) is 0. The van der Waals surface area contributed by atoms with E-state index in [4.69, 9.17) is 0 Å². The molecule has 0 atom stereocenters. The molecule has 0 aromatic heterocycles. The van der Waals surface area contributed by atoms with Gasteiger partial charge in [-0.2, -0.15) is 0 Å². The van der Waals surface area contributed by atoms with Crippen molar-refractivity contribution in [3.05, 3.63) is 0 Å². The van der Waals surface area contributed by atoms with Crippen LogP contribution in [0.15, 0.2) is 0 Å². The Morgan fingerprint density at radius 2 is 0.500 bits per heavy atom. The van der Waals surface area contributed by atoms with Gasteiger partial charge in [0, 0.05) is 0 Å². The third kappa shape index (κ3) is 170. The van der Waals surface area contributed by atoms with Crippen LogP contribution in [0.4, 0.5) is 0 Å². The first-order valence-electron chi connectivity index (χ1n) is 0. The van der Waals surface area contributed by atoms with Crippen LogP contribution in [0.5, 0.6) is 0 Å². The zero-order chi connectivity index (χ0) is 0. The minimum Gasteiger partial charge on any atom is -0.412 e. The summed E-state index contributed by atoms with van der Waals surface area (Å²) in [6.45, 7) is 0. The number of hydrogen-bond acceptors (Lipinski definition) is 0. The Hall–Kier alpha value is 0.589. The molecule has 6 heteroatoms. The van der Waals surface area contributed by atoms with Gasteiger partial charge in [-0.25, -0.2) is 0 Å². The van der Waals surface area contributed by atoms with Crippen molar-refractivity contribution in [1.29, 1.82) is 0 Å². The number of hydrogen-bond donors (Lipinski definition) is 0. The fourth-order valence-electron chi connectivity index (χ4n) is 0. The van der Waals surface area contributed by atoms with Gasteiger partial charge in [-0.05, 0) is 11.0 Å². The summed E-state index contributed by atoms with van der Waals surface area (Å²) in [7, 11) is 0. The van der Waals surface area contributed by atoms with Crippen molar-refractivity contribution in [3.63, 3.8) is 0 Å². The molecule has 8 N–H and O–H groups in total. The van der Waals surface area contributed by atoms with E-state index in [1.54, 1.807) is 0 Å². The second kappa shape index (κ2) is 339. The summed E-state index contributed by atoms with van der Waals surface area (Å²) in [5, 5.41) is 0. The standard InChI is InChI=1S/Al.4H2O.H4Si.3H/h;4*1H2;1H4;;;. The minimum absolute atomic E-state index is 0. The summed E-state index contributed by atoms with van der Waals surface area (Å²) in [6, 6.07) is 0. The lowest BCUT2D eigenvalue weighted by Crippen LogP contribution is -0.382. The Morgan fingerprint density at radius 1 is 0.500 bits per heavy atom. The van der Waals surface area contributed by atoms with Gasteiger partial charge in [-0.1, -0.05) is 0 Å². The van der Waals surface area contributed by atoms with E-state index in [2.05, 4.69) is 0 Å². The van der Waals surface area contributed by atoms with Crippen LogP contribution in [0.3, 0.4) is 0 Å². The van der Waals surface area contributed by atoms with Crippen LogP contribution in [0.2, 0.25) is 0 Å². The van der Waals surface area contributed by atoms with Crippen LogP contribution < -0.4 is 0 Å². The molecule has 0 rings (SSSR count). The van der Waals surface area contributed by atoms with Gasteiger partial charge in [-0.3, -0.25) is 0 Å². The first kappa shape index (κ1) is 593. The van der Waals surface area contributed by atoms with Crippen molar-refractivity contribution < 1.29 is 21.9 Å². The highest BCUT2D eigenvalue weighted by atomic mass is 28.1. The van der Waals surface area contributed by atoms with Crippen LogP contribution in [0.1, 0.15) is 0 Å². The monoisotopic (exact) mass is 134 g/mol. The number of rotatable bonds is 0. The van der Waals surface area contributed by atoms with Crippen molar-refractivity contribution in [2.75, 3.05) is 0 Å². The zero-order valence-corrected chi connectivity index (χ0v) is 2.00. The molecule has 0 radical (unpaired) electrons. The Labute approximate surface area is 50.9 Å². The zero-order valence-electron chi connectivity index (χ0n) is 2.00. The van der Waals surface area contributed by atoms with Crippen molar-refractivity contribution in [2.45, 2.75) is 0 Å². The normalized spacial score (nSPS) is 0. The maximum atomic E-state index is 0. The molecule has 0 saturated heterocycles. The van der Waals surface area contributed by atoms with Crippen LogP contribution in [-0.2, 0) is 0 Å². The molecule has 46 valence electrons. The SMILES string of the molecule is O.O.O.O.[AlH3].[SiH4]. The molecular weight excluding hydrogens is 119 g/mol. The first-order chi connectivity index (χ1) is 0. The Kier molecular flexibility index (Phi) is 33500. The maximum absolute atomic E-state index is 0. The van der Waals surface area contributed by atoms with Gasteiger partial charge in [0.2, 0.25) is 0 Å². The highest BCUT2D eigenvalue weighted by Gasteiger charge is 0.187. The molecule has 0 spiro atoms. The summed E-state index contributed by atoms with van der Waals surface area (Å²) in [5.74, 6) is 0. The molecule has 6 heavy (non-hydrogen) atoms. The van der Waals surface area contributed by atoms with Crippen molar-refractivity contribution >= 4 is 28.3 Å². The van der Waals surface area contributed by atoms with Crippen LogP contribution in [-0.4, -0.2) is 50.2 Å². The molecule has 0 aliphatic rings. The molecule has 0 heterocycles. The predicted octanol–water partition coefficient (Wildman–Crippen LogP) is -5.93. The highest BCUT2D eigenvalue weighted by molar-refractivity contribution is 5.76. The Morgan fingerprint density at radius 3 is 0.500 bits per heavy atom. The second-order valence-electron chi connectivity index (χ2n) is 0. The van der Waals surface area contributed by atoms with E-state index in [0.717, 1.165) is 0 Å². The Bertz CT molecular complexity index is 7.51. The fraction of sp³-hybridized carbons (Fsp3) is 0. The van der Waals surface area contributed by atoms with Crippen LogP contribution in [0, 0.1) is 0 Å². The van der Waals surface area contributed by atoms with Crippen molar-refractivity contribution in [1.82, 2.24) is 0 Å². The van der Waals surface area contributed by atoms with E-state index < -0.39 is 0 Å². The third-order valence-corrected chi connectivity index (χ3v) is 0. The lowest BCUT2D eigenvalue weighted by molar-refractivity contribution is 0.823. The summed E-state index contributed by atoms with van der Waals surface area (Å²) >= 11 is 0. The van der Waals surface area contributed by atoms with Gasteiger partial charge in [0.1, 0.15) is 0 Å². The minimum atomic E-state index is 0. The molecule has 0 aliphatic heterocycles. The van der Waals surface area contributed by atoms with Gasteiger partial charge in [0.25, 0.3) is 0 Å². The van der Waals surface area contributed by atoms with Gasteiger partial charge >= 0.3 is 0 Å². The maximum Gasteiger partial charge on any atom is 0.187 e. The van der Waals surface area contributed by atoms with Crippen molar-refractivity contribution in [3.8, 4) is 0 Å². The molecule has 0 aromatic rings. The molecule has 0 aromatic carbocycles. The van der Waals surface area contributed by atoms with Crippen LogP contribution in [0.25, 0.3) is 0 Å². The van der Waals surface area contributed by atoms with Gasteiger partial charge in [0.05, 0.1) is 0 Å².